The minimum atomic E-state index is 0.192. The molecule has 2 rings (SSSR count). The van der Waals surface area contributed by atoms with E-state index in [0.717, 1.165) is 17.9 Å². The molecule has 106 valence electrons. The highest BCUT2D eigenvalue weighted by molar-refractivity contribution is 6.31. The molecule has 0 atom stereocenters. The molecule has 0 aliphatic rings. The summed E-state index contributed by atoms with van der Waals surface area (Å²) in [4.78, 5) is 0. The van der Waals surface area contributed by atoms with Crippen LogP contribution in [0.5, 0.6) is 11.5 Å². The third-order valence-electron chi connectivity index (χ3n) is 2.90. The van der Waals surface area contributed by atoms with Gasteiger partial charge < -0.3 is 15.2 Å². The molecular weight excluding hydrogens is 274 g/mol. The van der Waals surface area contributed by atoms with Crippen LogP contribution < -0.4 is 10.1 Å². The summed E-state index contributed by atoms with van der Waals surface area (Å²) in [5.74, 6) is 0.998. The second-order valence-electron chi connectivity index (χ2n) is 4.44. The molecule has 0 aromatic heterocycles. The number of phenols is 1. The van der Waals surface area contributed by atoms with Gasteiger partial charge >= 0.3 is 0 Å². The van der Waals surface area contributed by atoms with Crippen LogP contribution in [0.2, 0.25) is 5.02 Å². The molecule has 0 spiro atoms. The Morgan fingerprint density at radius 3 is 2.70 bits per heavy atom. The molecule has 0 saturated heterocycles. The SMILES string of the molecule is CCCOc1ccccc1NCc1c(O)cccc1Cl. The zero-order valence-electron chi connectivity index (χ0n) is 11.4. The normalized spacial score (nSPS) is 10.3. The van der Waals surface area contributed by atoms with Gasteiger partial charge in [0.1, 0.15) is 11.5 Å². The van der Waals surface area contributed by atoms with E-state index in [2.05, 4.69) is 12.2 Å². The quantitative estimate of drug-likeness (QED) is 0.826. The number of phenolic OH excluding ortho intramolecular Hbond substituents is 1. The fourth-order valence-electron chi connectivity index (χ4n) is 1.86. The van der Waals surface area contributed by atoms with E-state index in [4.69, 9.17) is 16.3 Å². The number of ether oxygens (including phenoxy) is 1. The van der Waals surface area contributed by atoms with E-state index in [1.54, 1.807) is 18.2 Å². The van der Waals surface area contributed by atoms with Crippen molar-refractivity contribution in [3.8, 4) is 11.5 Å². The van der Waals surface area contributed by atoms with Gasteiger partial charge in [0.25, 0.3) is 0 Å². The number of halogens is 1. The molecule has 0 bridgehead atoms. The number of hydrogen-bond acceptors (Lipinski definition) is 3. The van der Waals surface area contributed by atoms with E-state index in [9.17, 15) is 5.11 Å². The topological polar surface area (TPSA) is 41.5 Å². The smallest absolute Gasteiger partial charge is 0.142 e. The monoisotopic (exact) mass is 291 g/mol. The van der Waals surface area contributed by atoms with Gasteiger partial charge in [-0.1, -0.05) is 36.7 Å². The van der Waals surface area contributed by atoms with Gasteiger partial charge in [0, 0.05) is 17.1 Å². The average molecular weight is 292 g/mol. The van der Waals surface area contributed by atoms with E-state index in [1.807, 2.05) is 24.3 Å². The zero-order valence-corrected chi connectivity index (χ0v) is 12.2. The maximum atomic E-state index is 9.82. The van der Waals surface area contributed by atoms with Crippen molar-refractivity contribution in [2.45, 2.75) is 19.9 Å². The molecule has 0 unspecified atom stereocenters. The highest BCUT2D eigenvalue weighted by Crippen LogP contribution is 2.29. The van der Waals surface area contributed by atoms with Crippen LogP contribution in [0, 0.1) is 0 Å². The molecule has 2 aromatic carbocycles. The number of para-hydroxylation sites is 2. The van der Waals surface area contributed by atoms with E-state index in [0.29, 0.717) is 23.7 Å². The molecule has 0 heterocycles. The Morgan fingerprint density at radius 2 is 1.95 bits per heavy atom. The van der Waals surface area contributed by atoms with Gasteiger partial charge in [0.05, 0.1) is 12.3 Å². The highest BCUT2D eigenvalue weighted by atomic mass is 35.5. The predicted molar refractivity (Wildman–Crippen MR) is 82.7 cm³/mol. The molecule has 20 heavy (non-hydrogen) atoms. The second-order valence-corrected chi connectivity index (χ2v) is 4.84. The molecular formula is C16H18ClNO2. The zero-order chi connectivity index (χ0) is 14.4. The van der Waals surface area contributed by atoms with Crippen molar-refractivity contribution in [1.29, 1.82) is 0 Å². The Bertz CT molecular complexity index is 552. The third kappa shape index (κ3) is 3.58. The largest absolute Gasteiger partial charge is 0.508 e. The number of rotatable bonds is 6. The molecule has 3 nitrogen and oxygen atoms in total. The van der Waals surface area contributed by atoms with Crippen molar-refractivity contribution in [2.24, 2.45) is 0 Å². The van der Waals surface area contributed by atoms with Gasteiger partial charge in [-0.15, -0.1) is 0 Å². The van der Waals surface area contributed by atoms with Crippen molar-refractivity contribution < 1.29 is 9.84 Å². The first kappa shape index (κ1) is 14.5. The summed E-state index contributed by atoms with van der Waals surface area (Å²) in [5.41, 5.74) is 1.57. The first-order valence-corrected chi connectivity index (χ1v) is 7.02. The predicted octanol–water partition coefficient (Wildman–Crippen LogP) is 4.45. The lowest BCUT2D eigenvalue weighted by Crippen LogP contribution is -2.04. The Balaban J connectivity index is 2.11. The Hall–Kier alpha value is -1.87. The summed E-state index contributed by atoms with van der Waals surface area (Å²) in [7, 11) is 0. The second kappa shape index (κ2) is 7.06. The number of anilines is 1. The summed E-state index contributed by atoms with van der Waals surface area (Å²) in [6, 6.07) is 12.8. The van der Waals surface area contributed by atoms with Crippen molar-refractivity contribution in [3.63, 3.8) is 0 Å². The Kier molecular flexibility index (Phi) is 5.13. The van der Waals surface area contributed by atoms with E-state index in [-0.39, 0.29) is 5.75 Å². The molecule has 0 aliphatic heterocycles. The molecule has 0 aliphatic carbocycles. The minimum Gasteiger partial charge on any atom is -0.508 e. The summed E-state index contributed by atoms with van der Waals surface area (Å²) in [6.45, 7) is 3.19. The van der Waals surface area contributed by atoms with Crippen molar-refractivity contribution in [3.05, 3.63) is 53.1 Å². The molecule has 4 heteroatoms. The summed E-state index contributed by atoms with van der Waals surface area (Å²) in [5, 5.41) is 13.6. The fourth-order valence-corrected chi connectivity index (χ4v) is 2.09. The first-order chi connectivity index (χ1) is 9.72. The van der Waals surface area contributed by atoms with Crippen molar-refractivity contribution in [1.82, 2.24) is 0 Å². The molecule has 2 N–H and O–H groups in total. The summed E-state index contributed by atoms with van der Waals surface area (Å²) < 4.78 is 5.68. The molecule has 0 fully saturated rings. The van der Waals surface area contributed by atoms with Crippen LogP contribution >= 0.6 is 11.6 Å². The summed E-state index contributed by atoms with van der Waals surface area (Å²) in [6.07, 6.45) is 0.958. The summed E-state index contributed by atoms with van der Waals surface area (Å²) >= 11 is 6.09. The molecule has 2 aromatic rings. The Labute approximate surface area is 124 Å². The first-order valence-electron chi connectivity index (χ1n) is 6.64. The van der Waals surface area contributed by atoms with Crippen LogP contribution in [0.25, 0.3) is 0 Å². The standard InChI is InChI=1S/C16H18ClNO2/c1-2-10-20-16-9-4-3-7-14(16)18-11-12-13(17)6-5-8-15(12)19/h3-9,18-19H,2,10-11H2,1H3. The average Bonchev–Trinajstić information content (AvgIpc) is 2.45. The Morgan fingerprint density at radius 1 is 1.15 bits per heavy atom. The maximum Gasteiger partial charge on any atom is 0.142 e. The lowest BCUT2D eigenvalue weighted by Gasteiger charge is -2.14. The molecule has 0 saturated carbocycles. The van der Waals surface area contributed by atoms with E-state index >= 15 is 0 Å². The van der Waals surface area contributed by atoms with Gasteiger partial charge in [-0.2, -0.15) is 0 Å². The minimum absolute atomic E-state index is 0.192. The van der Waals surface area contributed by atoms with Crippen LogP contribution in [-0.2, 0) is 6.54 Å². The van der Waals surface area contributed by atoms with Crippen LogP contribution in [0.3, 0.4) is 0 Å². The maximum absolute atomic E-state index is 9.82. The molecule has 0 amide bonds. The van der Waals surface area contributed by atoms with E-state index in [1.165, 1.54) is 0 Å². The number of benzene rings is 2. The van der Waals surface area contributed by atoms with Crippen LogP contribution in [0.4, 0.5) is 5.69 Å². The van der Waals surface area contributed by atoms with Gasteiger partial charge in [-0.25, -0.2) is 0 Å². The van der Waals surface area contributed by atoms with Gasteiger partial charge in [-0.05, 0) is 30.7 Å². The number of aromatic hydroxyl groups is 1. The van der Waals surface area contributed by atoms with Crippen molar-refractivity contribution in [2.75, 3.05) is 11.9 Å². The number of hydrogen-bond donors (Lipinski definition) is 2. The van der Waals surface area contributed by atoms with Gasteiger partial charge in [0.2, 0.25) is 0 Å². The van der Waals surface area contributed by atoms with E-state index < -0.39 is 0 Å². The molecule has 0 radical (unpaired) electrons. The van der Waals surface area contributed by atoms with Gasteiger partial charge in [-0.3, -0.25) is 0 Å². The fraction of sp³-hybridized carbons (Fsp3) is 0.250. The van der Waals surface area contributed by atoms with Gasteiger partial charge in [0.15, 0.2) is 0 Å². The van der Waals surface area contributed by atoms with Crippen LogP contribution in [-0.4, -0.2) is 11.7 Å². The third-order valence-corrected chi connectivity index (χ3v) is 3.25. The lowest BCUT2D eigenvalue weighted by atomic mass is 10.2. The van der Waals surface area contributed by atoms with Crippen LogP contribution in [0.15, 0.2) is 42.5 Å². The highest BCUT2D eigenvalue weighted by Gasteiger charge is 2.07. The lowest BCUT2D eigenvalue weighted by molar-refractivity contribution is 0.319. The van der Waals surface area contributed by atoms with Crippen molar-refractivity contribution >= 4 is 17.3 Å². The van der Waals surface area contributed by atoms with Crippen LogP contribution in [0.1, 0.15) is 18.9 Å². The number of nitrogens with one attached hydrogen (secondary N) is 1.